The van der Waals surface area contributed by atoms with Crippen molar-refractivity contribution in [2.24, 2.45) is 0 Å². The molecule has 1 atom stereocenters. The summed E-state index contributed by atoms with van der Waals surface area (Å²) in [5.41, 5.74) is 9.72. The van der Waals surface area contributed by atoms with E-state index in [1.54, 1.807) is 0 Å². The molecule has 5 aromatic rings. The van der Waals surface area contributed by atoms with Crippen LogP contribution in [0.3, 0.4) is 0 Å². The van der Waals surface area contributed by atoms with Gasteiger partial charge in [0, 0.05) is 28.0 Å². The molecule has 1 heterocycles. The van der Waals surface area contributed by atoms with Crippen LogP contribution in [0.25, 0.3) is 39.7 Å². The SMILES string of the molecule is CC1(C)C(c2ccccc2)=Cc2ccc3c4ccccc4n(/C=C/C(NC(=N)c4ccccc4)C4=CC=CCC4)c3c21. The molecule has 1 unspecified atom stereocenters. The number of rotatable bonds is 6. The topological polar surface area (TPSA) is 40.8 Å². The molecule has 7 rings (SSSR count). The highest BCUT2D eigenvalue weighted by Crippen LogP contribution is 2.50. The second kappa shape index (κ2) is 10.5. The first kappa shape index (κ1) is 26.0. The Kier molecular flexibility index (Phi) is 6.51. The second-order valence-electron chi connectivity index (χ2n) is 11.8. The maximum absolute atomic E-state index is 8.85. The van der Waals surface area contributed by atoms with Gasteiger partial charge < -0.3 is 9.88 Å². The lowest BCUT2D eigenvalue weighted by molar-refractivity contribution is 0.708. The zero-order valence-electron chi connectivity index (χ0n) is 24.1. The highest BCUT2D eigenvalue weighted by Gasteiger charge is 2.36. The van der Waals surface area contributed by atoms with Crippen molar-refractivity contribution in [3.8, 4) is 0 Å². The predicted molar refractivity (Wildman–Crippen MR) is 179 cm³/mol. The van der Waals surface area contributed by atoms with E-state index < -0.39 is 0 Å². The minimum absolute atomic E-state index is 0.0957. The summed E-state index contributed by atoms with van der Waals surface area (Å²) < 4.78 is 2.38. The molecule has 2 aliphatic carbocycles. The van der Waals surface area contributed by atoms with Crippen molar-refractivity contribution in [3.63, 3.8) is 0 Å². The van der Waals surface area contributed by atoms with Crippen LogP contribution in [0.5, 0.6) is 0 Å². The van der Waals surface area contributed by atoms with Crippen molar-refractivity contribution in [1.82, 2.24) is 9.88 Å². The lowest BCUT2D eigenvalue weighted by atomic mass is 9.78. The molecule has 0 spiro atoms. The Hall–Kier alpha value is -4.89. The zero-order chi connectivity index (χ0) is 28.7. The summed E-state index contributed by atoms with van der Waals surface area (Å²) >= 11 is 0. The van der Waals surface area contributed by atoms with Gasteiger partial charge in [0.1, 0.15) is 5.84 Å². The lowest BCUT2D eigenvalue weighted by Gasteiger charge is -2.26. The summed E-state index contributed by atoms with van der Waals surface area (Å²) in [6, 6.07) is 33.9. The van der Waals surface area contributed by atoms with Gasteiger partial charge in [0.15, 0.2) is 0 Å². The maximum Gasteiger partial charge on any atom is 0.126 e. The normalized spacial score (nSPS) is 16.4. The average Bonchev–Trinajstić information content (AvgIpc) is 3.50. The molecule has 2 N–H and O–H groups in total. The van der Waals surface area contributed by atoms with Gasteiger partial charge in [-0.2, -0.15) is 0 Å². The zero-order valence-corrected chi connectivity index (χ0v) is 24.1. The number of fused-ring (bicyclic) bond motifs is 5. The Morgan fingerprint density at radius 1 is 0.881 bits per heavy atom. The molecule has 0 fully saturated rings. The molecular weight excluding hydrogens is 510 g/mol. The van der Waals surface area contributed by atoms with Crippen molar-refractivity contribution < 1.29 is 0 Å². The van der Waals surface area contributed by atoms with E-state index in [1.807, 2.05) is 30.3 Å². The minimum atomic E-state index is -0.167. The summed E-state index contributed by atoms with van der Waals surface area (Å²) in [6.07, 6.45) is 15.4. The third-order valence-corrected chi connectivity index (χ3v) is 8.82. The largest absolute Gasteiger partial charge is 0.360 e. The summed E-state index contributed by atoms with van der Waals surface area (Å²) in [4.78, 5) is 0. The van der Waals surface area contributed by atoms with Crippen LogP contribution in [-0.2, 0) is 5.41 Å². The summed E-state index contributed by atoms with van der Waals surface area (Å²) in [7, 11) is 0. The highest BCUT2D eigenvalue weighted by atomic mass is 15.0. The van der Waals surface area contributed by atoms with E-state index in [0.29, 0.717) is 5.84 Å². The van der Waals surface area contributed by atoms with E-state index in [-0.39, 0.29) is 11.5 Å². The van der Waals surface area contributed by atoms with Gasteiger partial charge in [-0.1, -0.05) is 123 Å². The average molecular weight is 546 g/mol. The number of benzene rings is 4. The highest BCUT2D eigenvalue weighted by molar-refractivity contribution is 6.13. The van der Waals surface area contributed by atoms with Crippen molar-refractivity contribution in [2.45, 2.75) is 38.1 Å². The smallest absolute Gasteiger partial charge is 0.126 e. The fraction of sp³-hybridized carbons (Fsp3) is 0.154. The number of aromatic nitrogens is 1. The molecule has 2 aliphatic rings. The first-order valence-electron chi connectivity index (χ1n) is 14.8. The first-order chi connectivity index (χ1) is 20.5. The number of amidine groups is 1. The summed E-state index contributed by atoms with van der Waals surface area (Å²) in [6.45, 7) is 4.71. The Bertz CT molecular complexity index is 1930. The van der Waals surface area contributed by atoms with Gasteiger partial charge >= 0.3 is 0 Å². The molecular formula is C39H35N3. The van der Waals surface area contributed by atoms with Crippen LogP contribution in [0.1, 0.15) is 48.9 Å². The molecule has 0 amide bonds. The molecule has 0 saturated heterocycles. The van der Waals surface area contributed by atoms with Crippen LogP contribution >= 0.6 is 0 Å². The third-order valence-electron chi connectivity index (χ3n) is 8.82. The van der Waals surface area contributed by atoms with Gasteiger partial charge in [-0.25, -0.2) is 0 Å². The number of hydrogen-bond donors (Lipinski definition) is 2. The molecule has 0 bridgehead atoms. The van der Waals surface area contributed by atoms with Crippen LogP contribution in [0.2, 0.25) is 0 Å². The van der Waals surface area contributed by atoms with E-state index in [9.17, 15) is 0 Å². The van der Waals surface area contributed by atoms with Gasteiger partial charge in [0.2, 0.25) is 0 Å². The number of para-hydroxylation sites is 1. The van der Waals surface area contributed by atoms with Crippen LogP contribution in [-0.4, -0.2) is 16.4 Å². The third kappa shape index (κ3) is 4.42. The Balaban J connectivity index is 1.37. The van der Waals surface area contributed by atoms with E-state index in [1.165, 1.54) is 49.6 Å². The molecule has 4 aromatic carbocycles. The quantitative estimate of drug-likeness (QED) is 0.162. The Morgan fingerprint density at radius 2 is 1.62 bits per heavy atom. The van der Waals surface area contributed by atoms with Crippen LogP contribution < -0.4 is 5.32 Å². The molecule has 0 aliphatic heterocycles. The van der Waals surface area contributed by atoms with Gasteiger partial charge in [0.25, 0.3) is 0 Å². The molecule has 0 saturated carbocycles. The fourth-order valence-corrected chi connectivity index (χ4v) is 6.73. The second-order valence-corrected chi connectivity index (χ2v) is 11.8. The molecule has 3 nitrogen and oxygen atoms in total. The number of nitrogens with one attached hydrogen (secondary N) is 2. The number of allylic oxidation sites excluding steroid dienone is 4. The molecule has 42 heavy (non-hydrogen) atoms. The van der Waals surface area contributed by atoms with Crippen molar-refractivity contribution in [1.29, 1.82) is 5.41 Å². The predicted octanol–water partition coefficient (Wildman–Crippen LogP) is 9.36. The van der Waals surface area contributed by atoms with Crippen LogP contribution in [0.15, 0.2) is 127 Å². The summed E-state index contributed by atoms with van der Waals surface area (Å²) in [5.74, 6) is 0.432. The van der Waals surface area contributed by atoms with Gasteiger partial charge in [0.05, 0.1) is 17.1 Å². The van der Waals surface area contributed by atoms with E-state index in [0.717, 1.165) is 18.4 Å². The summed E-state index contributed by atoms with van der Waals surface area (Å²) in [5, 5.41) is 14.9. The lowest BCUT2D eigenvalue weighted by Crippen LogP contribution is -2.35. The van der Waals surface area contributed by atoms with Crippen molar-refractivity contribution >= 4 is 45.5 Å². The van der Waals surface area contributed by atoms with Gasteiger partial charge in [-0.15, -0.1) is 0 Å². The van der Waals surface area contributed by atoms with E-state index in [2.05, 4.69) is 127 Å². The maximum atomic E-state index is 8.85. The van der Waals surface area contributed by atoms with Crippen molar-refractivity contribution in [3.05, 3.63) is 149 Å². The van der Waals surface area contributed by atoms with Gasteiger partial charge in [-0.3, -0.25) is 5.41 Å². The first-order valence-corrected chi connectivity index (χ1v) is 14.8. The standard InChI is InChI=1S/C39H35N3/c1-39(2)33(27-14-6-3-7-15-27)26-30-22-23-32-31-20-12-13-21-35(31)42(37(32)36(30)39)25-24-34(28-16-8-4-9-17-28)41-38(40)29-18-10-5-11-19-29/h3-8,10-16,18-26,34H,9,17H2,1-2H3,(H2,40,41)/b25-24+. The monoisotopic (exact) mass is 545 g/mol. The van der Waals surface area contributed by atoms with Crippen LogP contribution in [0, 0.1) is 5.41 Å². The van der Waals surface area contributed by atoms with Crippen molar-refractivity contribution in [2.75, 3.05) is 0 Å². The van der Waals surface area contributed by atoms with Gasteiger partial charge in [-0.05, 0) is 58.9 Å². The number of hydrogen-bond acceptors (Lipinski definition) is 1. The van der Waals surface area contributed by atoms with Crippen LogP contribution in [0.4, 0.5) is 0 Å². The Morgan fingerprint density at radius 3 is 2.38 bits per heavy atom. The van der Waals surface area contributed by atoms with E-state index >= 15 is 0 Å². The number of nitrogens with zero attached hydrogens (tertiary/aromatic N) is 1. The van der Waals surface area contributed by atoms with E-state index in [4.69, 9.17) is 5.41 Å². The minimum Gasteiger partial charge on any atom is -0.360 e. The molecule has 3 heteroatoms. The fourth-order valence-electron chi connectivity index (χ4n) is 6.73. The molecule has 206 valence electrons. The molecule has 0 radical (unpaired) electrons. The Labute approximate surface area is 247 Å². The molecule has 1 aromatic heterocycles.